The molecule has 2 N–H and O–H groups in total. The zero-order chi connectivity index (χ0) is 24.1. The average Bonchev–Trinajstić information content (AvgIpc) is 2.78. The van der Waals surface area contributed by atoms with Crippen LogP contribution in [0.15, 0.2) is 82.6 Å². The largest absolute Gasteiger partial charge is 0.501 e. The highest BCUT2D eigenvalue weighted by molar-refractivity contribution is 8.00. The summed E-state index contributed by atoms with van der Waals surface area (Å²) in [5.74, 6) is 0.0421. The minimum absolute atomic E-state index is 0.0885. The third-order valence-electron chi connectivity index (χ3n) is 4.30. The molecule has 0 radical (unpaired) electrons. The molecule has 0 saturated heterocycles. The van der Waals surface area contributed by atoms with Gasteiger partial charge >= 0.3 is 5.51 Å². The van der Waals surface area contributed by atoms with Gasteiger partial charge in [0, 0.05) is 5.69 Å². The smallest absolute Gasteiger partial charge is 0.493 e. The molecule has 0 heterocycles. The molecule has 3 aromatic rings. The summed E-state index contributed by atoms with van der Waals surface area (Å²) in [5, 5.41) is 2.45. The molecule has 1 amide bonds. The average molecular weight is 497 g/mol. The Labute approximate surface area is 193 Å². The van der Waals surface area contributed by atoms with Crippen LogP contribution in [0.4, 0.5) is 24.5 Å². The van der Waals surface area contributed by atoms with Crippen molar-refractivity contribution in [3.8, 4) is 5.75 Å². The number of carbonyl (C=O) groups excluding carboxylic acids is 1. The monoisotopic (exact) mass is 496 g/mol. The third kappa shape index (κ3) is 5.79. The van der Waals surface area contributed by atoms with Gasteiger partial charge in [-0.1, -0.05) is 30.3 Å². The van der Waals surface area contributed by atoms with Crippen LogP contribution in [-0.4, -0.2) is 26.4 Å². The number of alkyl halides is 3. The van der Waals surface area contributed by atoms with Crippen molar-refractivity contribution in [2.45, 2.75) is 22.2 Å². The second-order valence-corrected chi connectivity index (χ2v) is 9.35. The summed E-state index contributed by atoms with van der Waals surface area (Å²) in [6.45, 7) is 2.35. The van der Waals surface area contributed by atoms with E-state index in [0.29, 0.717) is 18.0 Å². The highest BCUT2D eigenvalue weighted by atomic mass is 32.2. The standard InChI is InChI=1S/C22H19F3N2O4S2/c1-2-31-19-12-5-6-13-20(19)32-27-18-11-4-3-10-17(18)21(28)26-15-8-7-9-16(14-15)33(29,30)22(23,24)25/h3-14,27H,2H2,1H3,(H,26,28). The van der Waals surface area contributed by atoms with E-state index in [-0.39, 0.29) is 11.3 Å². The maximum Gasteiger partial charge on any atom is 0.501 e. The molecular weight excluding hydrogens is 477 g/mol. The lowest BCUT2D eigenvalue weighted by Gasteiger charge is -2.14. The van der Waals surface area contributed by atoms with Crippen LogP contribution in [0.5, 0.6) is 5.75 Å². The molecule has 0 aliphatic rings. The Bertz CT molecular complexity index is 1250. The second-order valence-electron chi connectivity index (χ2n) is 6.56. The minimum atomic E-state index is -5.53. The Kier molecular flexibility index (Phi) is 7.54. The van der Waals surface area contributed by atoms with Crippen LogP contribution in [0.1, 0.15) is 17.3 Å². The number of sulfone groups is 1. The van der Waals surface area contributed by atoms with Crippen LogP contribution in [0.25, 0.3) is 0 Å². The van der Waals surface area contributed by atoms with Gasteiger partial charge in [-0.25, -0.2) is 8.42 Å². The Morgan fingerprint density at radius 2 is 1.70 bits per heavy atom. The molecule has 3 rings (SSSR count). The van der Waals surface area contributed by atoms with E-state index in [9.17, 15) is 26.4 Å². The number of carbonyl (C=O) groups is 1. The minimum Gasteiger partial charge on any atom is -0.493 e. The van der Waals surface area contributed by atoms with Crippen molar-refractivity contribution < 1.29 is 31.1 Å². The molecule has 0 aliphatic carbocycles. The lowest BCUT2D eigenvalue weighted by molar-refractivity contribution is -0.0436. The highest BCUT2D eigenvalue weighted by Crippen LogP contribution is 2.33. The molecule has 0 atom stereocenters. The summed E-state index contributed by atoms with van der Waals surface area (Å²) in [6.07, 6.45) is 0. The van der Waals surface area contributed by atoms with Gasteiger partial charge in [0.25, 0.3) is 15.7 Å². The predicted molar refractivity (Wildman–Crippen MR) is 121 cm³/mol. The Hall–Kier alpha value is -3.18. The fourth-order valence-corrected chi connectivity index (χ4v) is 4.34. The van der Waals surface area contributed by atoms with Crippen LogP contribution >= 0.6 is 11.9 Å². The lowest BCUT2D eigenvalue weighted by atomic mass is 10.1. The van der Waals surface area contributed by atoms with Crippen LogP contribution in [0.2, 0.25) is 0 Å². The van der Waals surface area contributed by atoms with Crippen LogP contribution in [0, 0.1) is 0 Å². The summed E-state index contributed by atoms with van der Waals surface area (Å²) in [6, 6.07) is 17.9. The van der Waals surface area contributed by atoms with Gasteiger partial charge in [-0.2, -0.15) is 13.2 Å². The summed E-state index contributed by atoms with van der Waals surface area (Å²) in [4.78, 5) is 12.7. The summed E-state index contributed by atoms with van der Waals surface area (Å²) in [5.41, 5.74) is -4.87. The quantitative estimate of drug-likeness (QED) is 0.387. The maximum absolute atomic E-state index is 12.8. The predicted octanol–water partition coefficient (Wildman–Crippen LogP) is 5.75. The van der Waals surface area contributed by atoms with Gasteiger partial charge in [-0.3, -0.25) is 4.79 Å². The van der Waals surface area contributed by atoms with Gasteiger partial charge in [-0.15, -0.1) is 0 Å². The van der Waals surface area contributed by atoms with Gasteiger partial charge in [0.15, 0.2) is 0 Å². The number of anilines is 2. The molecule has 174 valence electrons. The second kappa shape index (κ2) is 10.2. The molecule has 3 aromatic carbocycles. The number of halogens is 3. The third-order valence-corrected chi connectivity index (χ3v) is 6.66. The van der Waals surface area contributed by atoms with E-state index < -0.39 is 26.1 Å². The summed E-state index contributed by atoms with van der Waals surface area (Å²) in [7, 11) is -5.53. The number of nitrogens with one attached hydrogen (secondary N) is 2. The van der Waals surface area contributed by atoms with E-state index in [4.69, 9.17) is 4.74 Å². The number of hydrogen-bond acceptors (Lipinski definition) is 6. The van der Waals surface area contributed by atoms with Crippen LogP contribution in [0.3, 0.4) is 0 Å². The topological polar surface area (TPSA) is 84.5 Å². The van der Waals surface area contributed by atoms with Gasteiger partial charge in [0.05, 0.1) is 27.6 Å². The summed E-state index contributed by atoms with van der Waals surface area (Å²) >= 11 is 1.23. The van der Waals surface area contributed by atoms with Gasteiger partial charge in [0.2, 0.25) is 0 Å². The number of ether oxygens (including phenoxy) is 1. The normalized spacial score (nSPS) is 11.6. The Morgan fingerprint density at radius 3 is 2.42 bits per heavy atom. The van der Waals surface area contributed by atoms with E-state index in [0.717, 1.165) is 23.1 Å². The number of rotatable bonds is 8. The number of hydrogen-bond donors (Lipinski definition) is 2. The van der Waals surface area contributed by atoms with Crippen molar-refractivity contribution in [1.82, 2.24) is 0 Å². The van der Waals surface area contributed by atoms with Crippen molar-refractivity contribution in [2.24, 2.45) is 0 Å². The summed E-state index contributed by atoms with van der Waals surface area (Å²) < 4.78 is 70.5. The number of benzene rings is 3. The zero-order valence-corrected chi connectivity index (χ0v) is 18.9. The number of para-hydroxylation sites is 2. The number of amides is 1. The van der Waals surface area contributed by atoms with Crippen LogP contribution in [-0.2, 0) is 9.84 Å². The lowest BCUT2D eigenvalue weighted by Crippen LogP contribution is -2.23. The molecule has 0 bridgehead atoms. The van der Waals surface area contributed by atoms with Crippen molar-refractivity contribution in [3.63, 3.8) is 0 Å². The van der Waals surface area contributed by atoms with Crippen molar-refractivity contribution in [1.29, 1.82) is 0 Å². The van der Waals surface area contributed by atoms with E-state index in [1.165, 1.54) is 24.1 Å². The molecule has 6 nitrogen and oxygen atoms in total. The van der Waals surface area contributed by atoms with Crippen LogP contribution < -0.4 is 14.8 Å². The van der Waals surface area contributed by atoms with E-state index >= 15 is 0 Å². The molecule has 0 spiro atoms. The molecule has 11 heteroatoms. The molecule has 0 unspecified atom stereocenters. The first kappa shape index (κ1) is 24.5. The van der Waals surface area contributed by atoms with Crippen molar-refractivity contribution in [2.75, 3.05) is 16.6 Å². The SMILES string of the molecule is CCOc1ccccc1SNc1ccccc1C(=O)Nc1cccc(S(=O)(=O)C(F)(F)F)c1. The van der Waals surface area contributed by atoms with Gasteiger partial charge in [-0.05, 0) is 61.3 Å². The van der Waals surface area contributed by atoms with E-state index in [1.54, 1.807) is 18.2 Å². The first-order chi connectivity index (χ1) is 15.6. The van der Waals surface area contributed by atoms with Gasteiger partial charge < -0.3 is 14.8 Å². The molecule has 0 aliphatic heterocycles. The molecule has 0 fully saturated rings. The van der Waals surface area contributed by atoms with Gasteiger partial charge in [0.1, 0.15) is 5.75 Å². The first-order valence-electron chi connectivity index (χ1n) is 9.60. The van der Waals surface area contributed by atoms with Crippen molar-refractivity contribution >= 4 is 39.1 Å². The Morgan fingerprint density at radius 1 is 1.00 bits per heavy atom. The van der Waals surface area contributed by atoms with E-state index in [1.807, 2.05) is 31.2 Å². The first-order valence-corrected chi connectivity index (χ1v) is 11.9. The molecule has 0 saturated carbocycles. The zero-order valence-electron chi connectivity index (χ0n) is 17.2. The Balaban J connectivity index is 1.80. The maximum atomic E-state index is 12.8. The van der Waals surface area contributed by atoms with Crippen molar-refractivity contribution in [3.05, 3.63) is 78.4 Å². The highest BCUT2D eigenvalue weighted by Gasteiger charge is 2.46. The fraction of sp³-hybridized carbons (Fsp3) is 0.136. The molecule has 33 heavy (non-hydrogen) atoms. The molecular formula is C22H19F3N2O4S2. The van der Waals surface area contributed by atoms with E-state index in [2.05, 4.69) is 10.0 Å². The fourth-order valence-electron chi connectivity index (χ4n) is 2.76. The molecule has 0 aromatic heterocycles.